The lowest BCUT2D eigenvalue weighted by atomic mass is 9.77. The van der Waals surface area contributed by atoms with Gasteiger partial charge in [0.2, 0.25) is 5.88 Å². The topological polar surface area (TPSA) is 51.4 Å². The van der Waals surface area contributed by atoms with E-state index in [1.165, 1.54) is 19.3 Å². The van der Waals surface area contributed by atoms with Gasteiger partial charge in [-0.3, -0.25) is 0 Å². The summed E-state index contributed by atoms with van der Waals surface area (Å²) >= 11 is 0. The third-order valence-electron chi connectivity index (χ3n) is 4.34. The smallest absolute Gasteiger partial charge is 0.215 e. The number of nitrogens with two attached hydrogens (primary N) is 1. The maximum absolute atomic E-state index is 6.09. The van der Waals surface area contributed by atoms with Crippen LogP contribution in [0.1, 0.15) is 40.0 Å². The van der Waals surface area contributed by atoms with Crippen molar-refractivity contribution in [1.82, 2.24) is 4.98 Å². The summed E-state index contributed by atoms with van der Waals surface area (Å²) in [6.45, 7) is 9.06. The van der Waals surface area contributed by atoms with Crippen molar-refractivity contribution < 1.29 is 4.74 Å². The highest BCUT2D eigenvalue weighted by atomic mass is 16.5. The molecule has 2 N–H and O–H groups in total. The van der Waals surface area contributed by atoms with Crippen LogP contribution < -0.4 is 15.4 Å². The standard InChI is InChI=1S/C16H27N3O/c1-16(2,3)12-6-5-10-19(11-9-12)15-13(17)7-8-14(18-15)20-4/h7-8,12H,5-6,9-11,17H2,1-4H3. The summed E-state index contributed by atoms with van der Waals surface area (Å²) < 4.78 is 5.21. The number of anilines is 2. The zero-order valence-corrected chi connectivity index (χ0v) is 13.1. The lowest BCUT2D eigenvalue weighted by molar-refractivity contribution is 0.220. The van der Waals surface area contributed by atoms with Crippen LogP contribution in [0.25, 0.3) is 0 Å². The SMILES string of the molecule is COc1ccc(N)c(N2CCCC(C(C)(C)C)CC2)n1. The van der Waals surface area contributed by atoms with Gasteiger partial charge >= 0.3 is 0 Å². The number of ether oxygens (including phenoxy) is 1. The zero-order valence-electron chi connectivity index (χ0n) is 13.1. The van der Waals surface area contributed by atoms with E-state index in [1.807, 2.05) is 12.1 Å². The molecule has 0 aromatic carbocycles. The molecule has 1 aliphatic heterocycles. The van der Waals surface area contributed by atoms with E-state index in [-0.39, 0.29) is 0 Å². The number of nitrogen functional groups attached to an aromatic ring is 1. The minimum absolute atomic E-state index is 0.378. The maximum atomic E-state index is 6.09. The van der Waals surface area contributed by atoms with Crippen molar-refractivity contribution in [2.75, 3.05) is 30.8 Å². The quantitative estimate of drug-likeness (QED) is 0.901. The molecule has 1 unspecified atom stereocenters. The van der Waals surface area contributed by atoms with E-state index in [9.17, 15) is 0 Å². The molecule has 0 saturated carbocycles. The van der Waals surface area contributed by atoms with Crippen LogP contribution in [0.15, 0.2) is 12.1 Å². The predicted octanol–water partition coefficient (Wildman–Crippen LogP) is 3.33. The molecular formula is C16H27N3O. The van der Waals surface area contributed by atoms with Gasteiger partial charge in [0.05, 0.1) is 12.8 Å². The van der Waals surface area contributed by atoms with Crippen LogP contribution in [-0.4, -0.2) is 25.2 Å². The van der Waals surface area contributed by atoms with E-state index < -0.39 is 0 Å². The molecule has 0 amide bonds. The molecule has 1 aromatic heterocycles. The van der Waals surface area contributed by atoms with Gasteiger partial charge < -0.3 is 15.4 Å². The Morgan fingerprint density at radius 2 is 2.00 bits per heavy atom. The second kappa shape index (κ2) is 5.90. The fraction of sp³-hybridized carbons (Fsp3) is 0.688. The van der Waals surface area contributed by atoms with E-state index in [0.717, 1.165) is 30.5 Å². The first kappa shape index (κ1) is 14.9. The van der Waals surface area contributed by atoms with Gasteiger partial charge in [-0.05, 0) is 36.7 Å². The van der Waals surface area contributed by atoms with Crippen molar-refractivity contribution in [2.24, 2.45) is 11.3 Å². The molecule has 4 nitrogen and oxygen atoms in total. The summed E-state index contributed by atoms with van der Waals surface area (Å²) in [4.78, 5) is 6.83. The van der Waals surface area contributed by atoms with Crippen molar-refractivity contribution in [2.45, 2.75) is 40.0 Å². The second-order valence-electron chi connectivity index (χ2n) is 6.75. The molecule has 1 saturated heterocycles. The lowest BCUT2D eigenvalue weighted by Gasteiger charge is -2.30. The molecule has 2 heterocycles. The van der Waals surface area contributed by atoms with E-state index in [4.69, 9.17) is 10.5 Å². The number of hydrogen-bond acceptors (Lipinski definition) is 4. The summed E-state index contributed by atoms with van der Waals surface area (Å²) in [5.41, 5.74) is 7.20. The minimum atomic E-state index is 0.378. The van der Waals surface area contributed by atoms with Gasteiger partial charge in [0, 0.05) is 19.2 Å². The Kier molecular flexibility index (Phi) is 4.41. The van der Waals surface area contributed by atoms with E-state index in [0.29, 0.717) is 11.3 Å². The first-order chi connectivity index (χ1) is 9.41. The molecule has 1 aromatic rings. The molecule has 1 atom stereocenters. The molecule has 1 fully saturated rings. The molecule has 20 heavy (non-hydrogen) atoms. The fourth-order valence-electron chi connectivity index (χ4n) is 2.98. The molecule has 4 heteroatoms. The molecule has 0 radical (unpaired) electrons. The highest BCUT2D eigenvalue weighted by Gasteiger charge is 2.27. The van der Waals surface area contributed by atoms with Crippen LogP contribution in [0.2, 0.25) is 0 Å². The number of pyridine rings is 1. The zero-order chi connectivity index (χ0) is 14.8. The Hall–Kier alpha value is -1.45. The van der Waals surface area contributed by atoms with Crippen LogP contribution in [0.4, 0.5) is 11.5 Å². The molecule has 1 aliphatic rings. The average molecular weight is 277 g/mol. The van der Waals surface area contributed by atoms with Crippen LogP contribution in [-0.2, 0) is 0 Å². The minimum Gasteiger partial charge on any atom is -0.481 e. The van der Waals surface area contributed by atoms with E-state index in [1.54, 1.807) is 7.11 Å². The van der Waals surface area contributed by atoms with Crippen molar-refractivity contribution in [3.05, 3.63) is 12.1 Å². The van der Waals surface area contributed by atoms with Crippen LogP contribution >= 0.6 is 0 Å². The Balaban J connectivity index is 2.14. The summed E-state index contributed by atoms with van der Waals surface area (Å²) in [6.07, 6.45) is 3.67. The monoisotopic (exact) mass is 277 g/mol. The Morgan fingerprint density at radius 3 is 2.65 bits per heavy atom. The van der Waals surface area contributed by atoms with E-state index >= 15 is 0 Å². The van der Waals surface area contributed by atoms with Gasteiger partial charge in [-0.1, -0.05) is 20.8 Å². The molecule has 112 valence electrons. The van der Waals surface area contributed by atoms with Gasteiger partial charge in [0.1, 0.15) is 0 Å². The predicted molar refractivity (Wildman–Crippen MR) is 84.2 cm³/mol. The Bertz CT molecular complexity index is 454. The first-order valence-electron chi connectivity index (χ1n) is 7.47. The van der Waals surface area contributed by atoms with Crippen LogP contribution in [0.5, 0.6) is 5.88 Å². The second-order valence-corrected chi connectivity index (χ2v) is 6.75. The summed E-state index contributed by atoms with van der Waals surface area (Å²) in [6, 6.07) is 3.70. The Labute approximate surface area is 122 Å². The van der Waals surface area contributed by atoms with Gasteiger partial charge in [0.25, 0.3) is 0 Å². The van der Waals surface area contributed by atoms with Gasteiger partial charge in [0.15, 0.2) is 5.82 Å². The third-order valence-corrected chi connectivity index (χ3v) is 4.34. The number of nitrogens with zero attached hydrogens (tertiary/aromatic N) is 2. The van der Waals surface area contributed by atoms with E-state index in [2.05, 4.69) is 30.7 Å². The molecule has 0 aliphatic carbocycles. The highest BCUT2D eigenvalue weighted by molar-refractivity contribution is 5.63. The fourth-order valence-corrected chi connectivity index (χ4v) is 2.98. The summed E-state index contributed by atoms with van der Waals surface area (Å²) in [5.74, 6) is 2.27. The van der Waals surface area contributed by atoms with Crippen molar-refractivity contribution in [3.63, 3.8) is 0 Å². The number of rotatable bonds is 2. The van der Waals surface area contributed by atoms with Crippen LogP contribution in [0.3, 0.4) is 0 Å². The largest absolute Gasteiger partial charge is 0.481 e. The Morgan fingerprint density at radius 1 is 1.25 bits per heavy atom. The summed E-state index contributed by atoms with van der Waals surface area (Å²) in [5, 5.41) is 0. The van der Waals surface area contributed by atoms with Crippen molar-refractivity contribution >= 4 is 11.5 Å². The van der Waals surface area contributed by atoms with Gasteiger partial charge in [-0.25, -0.2) is 0 Å². The van der Waals surface area contributed by atoms with Crippen molar-refractivity contribution in [1.29, 1.82) is 0 Å². The maximum Gasteiger partial charge on any atom is 0.215 e. The number of aromatic nitrogens is 1. The molecule has 0 spiro atoms. The number of hydrogen-bond donors (Lipinski definition) is 1. The first-order valence-corrected chi connectivity index (χ1v) is 7.47. The van der Waals surface area contributed by atoms with Gasteiger partial charge in [-0.15, -0.1) is 0 Å². The molecule has 2 rings (SSSR count). The normalized spacial score (nSPS) is 20.6. The molecule has 0 bridgehead atoms. The number of methoxy groups -OCH3 is 1. The average Bonchev–Trinajstić information content (AvgIpc) is 2.64. The third kappa shape index (κ3) is 3.35. The van der Waals surface area contributed by atoms with Crippen molar-refractivity contribution in [3.8, 4) is 5.88 Å². The summed E-state index contributed by atoms with van der Waals surface area (Å²) in [7, 11) is 1.64. The highest BCUT2D eigenvalue weighted by Crippen LogP contribution is 2.36. The van der Waals surface area contributed by atoms with Crippen LogP contribution in [0, 0.1) is 11.3 Å². The molecular weight excluding hydrogens is 250 g/mol. The lowest BCUT2D eigenvalue weighted by Crippen LogP contribution is -2.27. The van der Waals surface area contributed by atoms with Gasteiger partial charge in [-0.2, -0.15) is 4.98 Å².